The van der Waals surface area contributed by atoms with Crippen LogP contribution < -0.4 is 0 Å². The molecule has 2 heteroatoms. The molecule has 0 amide bonds. The lowest BCUT2D eigenvalue weighted by Gasteiger charge is -2.20. The Kier molecular flexibility index (Phi) is 6.28. The van der Waals surface area contributed by atoms with Gasteiger partial charge in [-0.3, -0.25) is 4.98 Å². The van der Waals surface area contributed by atoms with Gasteiger partial charge >= 0.3 is 0 Å². The molecule has 0 aliphatic carbocycles. The Hall–Kier alpha value is -3.68. The highest BCUT2D eigenvalue weighted by molar-refractivity contribution is 6.31. The number of hydrogen-bond donors (Lipinski definition) is 0. The molecule has 0 N–H and O–H groups in total. The van der Waals surface area contributed by atoms with Crippen molar-refractivity contribution in [2.24, 2.45) is 0 Å². The topological polar surface area (TPSA) is 12.9 Å². The van der Waals surface area contributed by atoms with E-state index in [2.05, 4.69) is 123 Å². The SMILES string of the molecule is CC(C)(C)c1cncc(-c2ccccc2-c2cc(Cl)cc(-c3ccccc3-c3ccccc3)c2)c1. The Morgan fingerprint density at radius 2 is 1.00 bits per heavy atom. The van der Waals surface area contributed by atoms with Crippen LogP contribution >= 0.6 is 11.6 Å². The quantitative estimate of drug-likeness (QED) is 0.253. The Balaban J connectivity index is 1.65. The zero-order valence-electron chi connectivity index (χ0n) is 20.3. The summed E-state index contributed by atoms with van der Waals surface area (Å²) in [6, 6.07) is 36.1. The van der Waals surface area contributed by atoms with Gasteiger partial charge < -0.3 is 0 Å². The summed E-state index contributed by atoms with van der Waals surface area (Å²) in [4.78, 5) is 4.56. The maximum atomic E-state index is 6.72. The molecule has 5 rings (SSSR count). The van der Waals surface area contributed by atoms with E-state index in [0.29, 0.717) is 0 Å². The number of hydrogen-bond acceptors (Lipinski definition) is 1. The maximum absolute atomic E-state index is 6.72. The van der Waals surface area contributed by atoms with Crippen LogP contribution in [-0.2, 0) is 5.41 Å². The first kappa shape index (κ1) is 23.1. The molecule has 0 aliphatic rings. The predicted octanol–water partition coefficient (Wildman–Crippen LogP) is 9.70. The molecule has 4 aromatic carbocycles. The van der Waals surface area contributed by atoms with Crippen LogP contribution in [0.3, 0.4) is 0 Å². The molecule has 5 aromatic rings. The van der Waals surface area contributed by atoms with Crippen molar-refractivity contribution in [1.82, 2.24) is 4.98 Å². The van der Waals surface area contributed by atoms with E-state index in [1.54, 1.807) is 0 Å². The Labute approximate surface area is 213 Å². The summed E-state index contributed by atoms with van der Waals surface area (Å²) in [5, 5.41) is 0.719. The van der Waals surface area contributed by atoms with E-state index in [1.807, 2.05) is 18.5 Å². The third-order valence-corrected chi connectivity index (χ3v) is 6.59. The van der Waals surface area contributed by atoms with Crippen LogP contribution in [0.2, 0.25) is 5.02 Å². The average molecular weight is 474 g/mol. The van der Waals surface area contributed by atoms with Gasteiger partial charge in [-0.15, -0.1) is 0 Å². The van der Waals surface area contributed by atoms with Crippen molar-refractivity contribution in [2.45, 2.75) is 26.2 Å². The Morgan fingerprint density at radius 1 is 0.514 bits per heavy atom. The molecule has 0 bridgehead atoms. The monoisotopic (exact) mass is 473 g/mol. The lowest BCUT2D eigenvalue weighted by molar-refractivity contribution is 0.588. The molecule has 0 atom stereocenters. The van der Waals surface area contributed by atoms with E-state index in [9.17, 15) is 0 Å². The van der Waals surface area contributed by atoms with Gasteiger partial charge in [0, 0.05) is 23.0 Å². The Bertz CT molecular complexity index is 1480. The fraction of sp³-hybridized carbons (Fsp3) is 0.121. The van der Waals surface area contributed by atoms with Crippen molar-refractivity contribution >= 4 is 11.6 Å². The first-order valence-electron chi connectivity index (χ1n) is 11.9. The number of benzene rings is 4. The summed E-state index contributed by atoms with van der Waals surface area (Å²) >= 11 is 6.72. The zero-order chi connectivity index (χ0) is 24.4. The summed E-state index contributed by atoms with van der Waals surface area (Å²) in [7, 11) is 0. The standard InChI is InChI=1S/C33H28ClN/c1-33(2,3)27-18-26(21-35-22-27)32-16-10-9-15-31(32)25-17-24(19-28(34)20-25)30-14-8-7-13-29(30)23-11-5-4-6-12-23/h4-22H,1-3H3. The van der Waals surface area contributed by atoms with E-state index < -0.39 is 0 Å². The Morgan fingerprint density at radius 3 is 1.54 bits per heavy atom. The summed E-state index contributed by atoms with van der Waals surface area (Å²) in [6.07, 6.45) is 3.91. The molecule has 0 aliphatic heterocycles. The molecule has 1 aromatic heterocycles. The molecule has 0 unspecified atom stereocenters. The van der Waals surface area contributed by atoms with Crippen molar-refractivity contribution in [3.05, 3.63) is 126 Å². The van der Waals surface area contributed by atoms with Crippen LogP contribution in [0.5, 0.6) is 0 Å². The van der Waals surface area contributed by atoms with Crippen molar-refractivity contribution in [3.8, 4) is 44.5 Å². The minimum Gasteiger partial charge on any atom is -0.264 e. The highest BCUT2D eigenvalue weighted by Gasteiger charge is 2.17. The second-order valence-corrected chi connectivity index (χ2v) is 10.3. The minimum absolute atomic E-state index is 0.0301. The van der Waals surface area contributed by atoms with Gasteiger partial charge in [0.2, 0.25) is 0 Å². The van der Waals surface area contributed by atoms with Crippen molar-refractivity contribution < 1.29 is 0 Å². The summed E-state index contributed by atoms with van der Waals surface area (Å²) < 4.78 is 0. The lowest BCUT2D eigenvalue weighted by Crippen LogP contribution is -2.11. The van der Waals surface area contributed by atoms with E-state index in [0.717, 1.165) is 38.4 Å². The van der Waals surface area contributed by atoms with Crippen molar-refractivity contribution in [2.75, 3.05) is 0 Å². The number of aromatic nitrogens is 1. The van der Waals surface area contributed by atoms with Gasteiger partial charge in [-0.1, -0.05) is 111 Å². The van der Waals surface area contributed by atoms with Gasteiger partial charge in [0.1, 0.15) is 0 Å². The third kappa shape index (κ3) is 4.92. The number of halogens is 1. The molecule has 0 radical (unpaired) electrons. The van der Waals surface area contributed by atoms with Crippen LogP contribution in [-0.4, -0.2) is 4.98 Å². The molecule has 35 heavy (non-hydrogen) atoms. The second-order valence-electron chi connectivity index (χ2n) is 9.90. The molecule has 172 valence electrons. The summed E-state index contributed by atoms with van der Waals surface area (Å²) in [5.41, 5.74) is 10.4. The molecule has 0 fully saturated rings. The van der Waals surface area contributed by atoms with E-state index in [-0.39, 0.29) is 5.41 Å². The molecule has 1 nitrogen and oxygen atoms in total. The second kappa shape index (κ2) is 9.52. The zero-order valence-corrected chi connectivity index (χ0v) is 21.1. The van der Waals surface area contributed by atoms with Crippen molar-refractivity contribution in [3.63, 3.8) is 0 Å². The largest absolute Gasteiger partial charge is 0.264 e. The summed E-state index contributed by atoms with van der Waals surface area (Å²) in [6.45, 7) is 6.65. The smallest absolute Gasteiger partial charge is 0.0418 e. The predicted molar refractivity (Wildman–Crippen MR) is 150 cm³/mol. The van der Waals surface area contributed by atoms with Gasteiger partial charge in [-0.25, -0.2) is 0 Å². The molecular formula is C33H28ClN. The van der Waals surface area contributed by atoms with Crippen LogP contribution in [0.25, 0.3) is 44.5 Å². The average Bonchev–Trinajstić information content (AvgIpc) is 2.88. The lowest BCUT2D eigenvalue weighted by atomic mass is 9.86. The van der Waals surface area contributed by atoms with E-state index in [1.165, 1.54) is 16.7 Å². The van der Waals surface area contributed by atoms with Crippen LogP contribution in [0.1, 0.15) is 26.3 Å². The van der Waals surface area contributed by atoms with Gasteiger partial charge in [0.25, 0.3) is 0 Å². The molecular weight excluding hydrogens is 446 g/mol. The van der Waals surface area contributed by atoms with E-state index in [4.69, 9.17) is 11.6 Å². The van der Waals surface area contributed by atoms with Gasteiger partial charge in [-0.2, -0.15) is 0 Å². The number of rotatable bonds is 4. The minimum atomic E-state index is 0.0301. The first-order chi connectivity index (χ1) is 16.9. The van der Waals surface area contributed by atoms with Gasteiger partial charge in [0.15, 0.2) is 0 Å². The molecule has 1 heterocycles. The molecule has 0 saturated heterocycles. The third-order valence-electron chi connectivity index (χ3n) is 6.37. The van der Waals surface area contributed by atoms with Crippen LogP contribution in [0, 0.1) is 0 Å². The van der Waals surface area contributed by atoms with Crippen LogP contribution in [0.4, 0.5) is 0 Å². The van der Waals surface area contributed by atoms with Gasteiger partial charge in [-0.05, 0) is 74.2 Å². The number of pyridine rings is 1. The maximum Gasteiger partial charge on any atom is 0.0418 e. The highest BCUT2D eigenvalue weighted by atomic mass is 35.5. The summed E-state index contributed by atoms with van der Waals surface area (Å²) in [5.74, 6) is 0. The highest BCUT2D eigenvalue weighted by Crippen LogP contribution is 2.39. The fourth-order valence-corrected chi connectivity index (χ4v) is 4.72. The van der Waals surface area contributed by atoms with Gasteiger partial charge in [0.05, 0.1) is 0 Å². The normalized spacial score (nSPS) is 11.4. The number of nitrogens with zero attached hydrogens (tertiary/aromatic N) is 1. The first-order valence-corrected chi connectivity index (χ1v) is 12.3. The molecule has 0 spiro atoms. The fourth-order valence-electron chi connectivity index (χ4n) is 4.49. The van der Waals surface area contributed by atoms with Crippen LogP contribution in [0.15, 0.2) is 116 Å². The van der Waals surface area contributed by atoms with E-state index >= 15 is 0 Å². The van der Waals surface area contributed by atoms with Crippen molar-refractivity contribution in [1.29, 1.82) is 0 Å². The molecule has 0 saturated carbocycles.